The van der Waals surface area contributed by atoms with Gasteiger partial charge in [-0.1, -0.05) is 13.8 Å². The fourth-order valence-corrected chi connectivity index (χ4v) is 5.64. The fourth-order valence-electron chi connectivity index (χ4n) is 5.64. The minimum Gasteiger partial charge on any atom is -0.0622 e. The van der Waals surface area contributed by atoms with Gasteiger partial charge in [-0.2, -0.15) is 0 Å². The van der Waals surface area contributed by atoms with Gasteiger partial charge in [0.05, 0.1) is 0 Å². The first kappa shape index (κ1) is 8.19. The Morgan fingerprint density at radius 2 is 1.79 bits per heavy atom. The largest absolute Gasteiger partial charge is 0.0622 e. The number of hydrogen-bond donors (Lipinski definition) is 0. The van der Waals surface area contributed by atoms with E-state index in [0.717, 1.165) is 23.2 Å². The Balaban J connectivity index is 1.43. The SMILES string of the molecule is CC1CC(CC23CC4CC(C2)C43)C1C. The third-order valence-corrected chi connectivity index (χ3v) is 6.65. The number of rotatable bonds is 2. The summed E-state index contributed by atoms with van der Waals surface area (Å²) in [7, 11) is 0. The second-order valence-electron chi connectivity index (χ2n) is 7.09. The van der Waals surface area contributed by atoms with Crippen LogP contribution in [0.2, 0.25) is 0 Å². The van der Waals surface area contributed by atoms with E-state index in [0.29, 0.717) is 0 Å². The van der Waals surface area contributed by atoms with E-state index in [2.05, 4.69) is 13.8 Å². The van der Waals surface area contributed by atoms with Crippen molar-refractivity contribution in [3.05, 3.63) is 0 Å². The van der Waals surface area contributed by atoms with Crippen LogP contribution < -0.4 is 0 Å². The summed E-state index contributed by atoms with van der Waals surface area (Å²) in [6.45, 7) is 4.93. The lowest BCUT2D eigenvalue weighted by atomic mass is 9.27. The van der Waals surface area contributed by atoms with Gasteiger partial charge in [0.15, 0.2) is 0 Å². The number of hydrogen-bond acceptors (Lipinski definition) is 0. The van der Waals surface area contributed by atoms with Crippen LogP contribution in [0.1, 0.15) is 46.0 Å². The molecule has 5 unspecified atom stereocenters. The predicted molar refractivity (Wildman–Crippen MR) is 57.8 cm³/mol. The van der Waals surface area contributed by atoms with Crippen molar-refractivity contribution in [1.82, 2.24) is 0 Å². The van der Waals surface area contributed by atoms with E-state index in [9.17, 15) is 0 Å². The van der Waals surface area contributed by atoms with Crippen molar-refractivity contribution in [3.63, 3.8) is 0 Å². The average molecular weight is 190 g/mol. The van der Waals surface area contributed by atoms with Crippen molar-refractivity contribution >= 4 is 0 Å². The Morgan fingerprint density at radius 1 is 1.07 bits per heavy atom. The minimum atomic E-state index is 0.923. The van der Waals surface area contributed by atoms with Gasteiger partial charge in [-0.05, 0) is 73.0 Å². The highest BCUT2D eigenvalue weighted by Gasteiger charge is 2.71. The summed E-state index contributed by atoms with van der Waals surface area (Å²) in [6.07, 6.45) is 8.04. The Kier molecular flexibility index (Phi) is 1.30. The summed E-state index contributed by atoms with van der Waals surface area (Å²) in [5, 5.41) is 0. The summed E-state index contributed by atoms with van der Waals surface area (Å²) < 4.78 is 0. The molecule has 0 N–H and O–H groups in total. The van der Waals surface area contributed by atoms with Crippen LogP contribution in [0.15, 0.2) is 0 Å². The molecule has 4 aliphatic rings. The van der Waals surface area contributed by atoms with Crippen LogP contribution in [-0.2, 0) is 0 Å². The zero-order chi connectivity index (χ0) is 9.50. The zero-order valence-electron chi connectivity index (χ0n) is 9.50. The van der Waals surface area contributed by atoms with Gasteiger partial charge in [-0.25, -0.2) is 0 Å². The van der Waals surface area contributed by atoms with Crippen LogP contribution in [0.3, 0.4) is 0 Å². The summed E-state index contributed by atoms with van der Waals surface area (Å²) in [6, 6.07) is 0. The predicted octanol–water partition coefficient (Wildman–Crippen LogP) is 3.71. The molecule has 0 aromatic carbocycles. The fraction of sp³-hybridized carbons (Fsp3) is 1.00. The quantitative estimate of drug-likeness (QED) is 0.622. The van der Waals surface area contributed by atoms with Gasteiger partial charge in [0.25, 0.3) is 0 Å². The lowest BCUT2D eigenvalue weighted by molar-refractivity contribution is -0.283. The van der Waals surface area contributed by atoms with E-state index in [1.165, 1.54) is 17.8 Å². The Hall–Kier alpha value is 0. The Bertz CT molecular complexity index is 268. The molecule has 0 aromatic rings. The molecule has 0 heterocycles. The van der Waals surface area contributed by atoms with Gasteiger partial charge in [0.2, 0.25) is 0 Å². The normalized spacial score (nSPS) is 68.1. The van der Waals surface area contributed by atoms with Crippen molar-refractivity contribution in [3.8, 4) is 0 Å². The topological polar surface area (TPSA) is 0 Å². The van der Waals surface area contributed by atoms with Crippen LogP contribution in [0.4, 0.5) is 0 Å². The van der Waals surface area contributed by atoms with E-state index in [1.54, 1.807) is 32.1 Å². The third kappa shape index (κ3) is 0.717. The van der Waals surface area contributed by atoms with Gasteiger partial charge in [0.1, 0.15) is 0 Å². The van der Waals surface area contributed by atoms with Crippen LogP contribution in [-0.4, -0.2) is 0 Å². The monoisotopic (exact) mass is 190 g/mol. The first-order chi connectivity index (χ1) is 6.70. The summed E-state index contributed by atoms with van der Waals surface area (Å²) in [5.41, 5.74) is 0.923. The molecule has 14 heavy (non-hydrogen) atoms. The van der Waals surface area contributed by atoms with Crippen molar-refractivity contribution in [2.45, 2.75) is 46.0 Å². The summed E-state index contributed by atoms with van der Waals surface area (Å²) in [4.78, 5) is 0. The molecule has 4 aliphatic carbocycles. The molecule has 78 valence electrons. The summed E-state index contributed by atoms with van der Waals surface area (Å²) >= 11 is 0. The van der Waals surface area contributed by atoms with Crippen LogP contribution in [0, 0.1) is 40.9 Å². The van der Waals surface area contributed by atoms with Gasteiger partial charge >= 0.3 is 0 Å². The van der Waals surface area contributed by atoms with Gasteiger partial charge in [-0.15, -0.1) is 0 Å². The molecule has 0 amide bonds. The van der Waals surface area contributed by atoms with Crippen molar-refractivity contribution < 1.29 is 0 Å². The first-order valence-corrected chi connectivity index (χ1v) is 6.70. The maximum Gasteiger partial charge on any atom is -0.0256 e. The highest BCUT2D eigenvalue weighted by atomic mass is 14.8. The molecule has 4 rings (SSSR count). The molecular weight excluding hydrogens is 168 g/mol. The minimum absolute atomic E-state index is 0.923. The van der Waals surface area contributed by atoms with E-state index < -0.39 is 0 Å². The second-order valence-corrected chi connectivity index (χ2v) is 7.09. The maximum absolute atomic E-state index is 2.49. The highest BCUT2D eigenvalue weighted by Crippen LogP contribution is 2.79. The Morgan fingerprint density at radius 3 is 2.21 bits per heavy atom. The molecule has 0 radical (unpaired) electrons. The summed E-state index contributed by atoms with van der Waals surface area (Å²) in [5.74, 6) is 6.85. The van der Waals surface area contributed by atoms with E-state index in [4.69, 9.17) is 0 Å². The third-order valence-electron chi connectivity index (χ3n) is 6.65. The molecule has 0 nitrogen and oxygen atoms in total. The Labute approximate surface area is 87.5 Å². The standard InChI is InChI=1S/C14H22/c1-8-3-10(9(8)2)5-14-6-11-4-12(7-14)13(11)14/h8-13H,3-7H2,1-2H3. The molecule has 4 fully saturated rings. The van der Waals surface area contributed by atoms with E-state index in [1.807, 2.05) is 0 Å². The molecule has 4 saturated carbocycles. The van der Waals surface area contributed by atoms with Crippen molar-refractivity contribution in [1.29, 1.82) is 0 Å². The van der Waals surface area contributed by atoms with Gasteiger partial charge in [-0.3, -0.25) is 0 Å². The maximum atomic E-state index is 2.49. The molecule has 0 saturated heterocycles. The molecule has 0 heteroatoms. The molecule has 0 aromatic heterocycles. The van der Waals surface area contributed by atoms with Crippen LogP contribution >= 0.6 is 0 Å². The zero-order valence-corrected chi connectivity index (χ0v) is 9.50. The highest BCUT2D eigenvalue weighted by molar-refractivity contribution is 5.20. The molecule has 0 aliphatic heterocycles. The molecule has 0 bridgehead atoms. The van der Waals surface area contributed by atoms with Crippen molar-refractivity contribution in [2.75, 3.05) is 0 Å². The molecular formula is C14H22. The van der Waals surface area contributed by atoms with E-state index >= 15 is 0 Å². The molecule has 5 atom stereocenters. The first-order valence-electron chi connectivity index (χ1n) is 6.70. The average Bonchev–Trinajstić information content (AvgIpc) is 2.16. The smallest absolute Gasteiger partial charge is 0.0256 e. The van der Waals surface area contributed by atoms with Crippen molar-refractivity contribution in [2.24, 2.45) is 40.9 Å². The molecule has 0 spiro atoms. The van der Waals surface area contributed by atoms with E-state index in [-0.39, 0.29) is 0 Å². The van der Waals surface area contributed by atoms with Gasteiger partial charge in [0, 0.05) is 0 Å². The second kappa shape index (κ2) is 2.23. The lowest BCUT2D eigenvalue weighted by Crippen LogP contribution is -2.69. The van der Waals surface area contributed by atoms with Crippen LogP contribution in [0.5, 0.6) is 0 Å². The lowest BCUT2D eigenvalue weighted by Gasteiger charge is -2.77. The van der Waals surface area contributed by atoms with Gasteiger partial charge < -0.3 is 0 Å². The van der Waals surface area contributed by atoms with Crippen LogP contribution in [0.25, 0.3) is 0 Å².